The Morgan fingerprint density at radius 2 is 2.38 bits per heavy atom. The molecule has 4 nitrogen and oxygen atoms in total. The summed E-state index contributed by atoms with van der Waals surface area (Å²) in [5.74, 6) is 1.44. The van der Waals surface area contributed by atoms with Crippen molar-refractivity contribution in [1.29, 1.82) is 0 Å². The number of anilines is 1. The molecule has 4 heteroatoms. The predicted molar refractivity (Wildman–Crippen MR) is 65.7 cm³/mol. The molecule has 0 aromatic carbocycles. The van der Waals surface area contributed by atoms with E-state index < -0.39 is 0 Å². The maximum atomic E-state index is 5.49. The van der Waals surface area contributed by atoms with Crippen molar-refractivity contribution in [3.8, 4) is 5.88 Å². The molecule has 0 aliphatic rings. The van der Waals surface area contributed by atoms with Crippen LogP contribution < -0.4 is 10.1 Å². The van der Waals surface area contributed by atoms with E-state index in [1.54, 1.807) is 0 Å². The van der Waals surface area contributed by atoms with E-state index in [0.717, 1.165) is 31.6 Å². The van der Waals surface area contributed by atoms with Crippen molar-refractivity contribution in [2.24, 2.45) is 0 Å². The largest absolute Gasteiger partial charge is 0.478 e. The lowest BCUT2D eigenvalue weighted by atomic mass is 10.3. The van der Waals surface area contributed by atoms with Crippen LogP contribution in [0, 0.1) is 0 Å². The van der Waals surface area contributed by atoms with Crippen LogP contribution in [0.4, 0.5) is 5.82 Å². The maximum Gasteiger partial charge on any atom is 0.218 e. The van der Waals surface area contributed by atoms with Gasteiger partial charge >= 0.3 is 0 Å². The van der Waals surface area contributed by atoms with Gasteiger partial charge in [0.25, 0.3) is 0 Å². The van der Waals surface area contributed by atoms with Gasteiger partial charge < -0.3 is 10.1 Å². The van der Waals surface area contributed by atoms with Crippen molar-refractivity contribution in [2.45, 2.75) is 26.2 Å². The first-order valence-electron chi connectivity index (χ1n) is 5.66. The fourth-order valence-corrected chi connectivity index (χ4v) is 1.17. The predicted octanol–water partition coefficient (Wildman–Crippen LogP) is 2.64. The quantitative estimate of drug-likeness (QED) is 0.541. The second-order valence-electron chi connectivity index (χ2n) is 3.45. The molecule has 0 amide bonds. The summed E-state index contributed by atoms with van der Waals surface area (Å²) in [6.45, 7) is 7.35. The number of nitrogens with zero attached hydrogens (tertiary/aromatic N) is 2. The first kappa shape index (κ1) is 12.5. The molecule has 0 aliphatic carbocycles. The third kappa shape index (κ3) is 4.77. The van der Waals surface area contributed by atoms with Crippen LogP contribution in [0.1, 0.15) is 26.2 Å². The van der Waals surface area contributed by atoms with Gasteiger partial charge in [-0.1, -0.05) is 13.0 Å². The van der Waals surface area contributed by atoms with Crippen molar-refractivity contribution < 1.29 is 4.74 Å². The van der Waals surface area contributed by atoms with Gasteiger partial charge in [-0.25, -0.2) is 9.97 Å². The molecular weight excluding hydrogens is 202 g/mol. The molecule has 0 atom stereocenters. The minimum absolute atomic E-state index is 0.623. The standard InChI is InChI=1S/C12H19N3O/c1-3-5-6-8-16-12-9-11(13-7-4-2)14-10-15-12/h3,9-10H,1,4-8H2,2H3,(H,13,14,15). The Morgan fingerprint density at radius 1 is 1.50 bits per heavy atom. The summed E-state index contributed by atoms with van der Waals surface area (Å²) in [6, 6.07) is 1.82. The van der Waals surface area contributed by atoms with E-state index in [-0.39, 0.29) is 0 Å². The number of hydrogen-bond donors (Lipinski definition) is 1. The summed E-state index contributed by atoms with van der Waals surface area (Å²) in [5.41, 5.74) is 0. The normalized spacial score (nSPS) is 9.81. The van der Waals surface area contributed by atoms with E-state index >= 15 is 0 Å². The highest BCUT2D eigenvalue weighted by atomic mass is 16.5. The molecule has 0 fully saturated rings. The van der Waals surface area contributed by atoms with Crippen LogP contribution in [0.15, 0.2) is 25.0 Å². The molecule has 1 aromatic rings. The summed E-state index contributed by atoms with van der Waals surface area (Å²) in [4.78, 5) is 8.15. The third-order valence-corrected chi connectivity index (χ3v) is 2.00. The average Bonchev–Trinajstić information content (AvgIpc) is 2.33. The molecular formula is C12H19N3O. The van der Waals surface area contributed by atoms with Crippen LogP contribution in [0.25, 0.3) is 0 Å². The highest BCUT2D eigenvalue weighted by Crippen LogP contribution is 2.11. The van der Waals surface area contributed by atoms with Crippen molar-refractivity contribution in [3.63, 3.8) is 0 Å². The number of unbranched alkanes of at least 4 members (excludes halogenated alkanes) is 1. The number of ether oxygens (including phenoxy) is 1. The van der Waals surface area contributed by atoms with Crippen LogP contribution in [0.5, 0.6) is 5.88 Å². The van der Waals surface area contributed by atoms with E-state index in [1.165, 1.54) is 6.33 Å². The smallest absolute Gasteiger partial charge is 0.218 e. The maximum absolute atomic E-state index is 5.49. The van der Waals surface area contributed by atoms with E-state index in [2.05, 4.69) is 28.8 Å². The van der Waals surface area contributed by atoms with E-state index in [0.29, 0.717) is 12.5 Å². The van der Waals surface area contributed by atoms with Crippen molar-refractivity contribution in [1.82, 2.24) is 9.97 Å². The summed E-state index contributed by atoms with van der Waals surface area (Å²) < 4.78 is 5.49. The molecule has 1 heterocycles. The Kier molecular flexibility index (Phi) is 5.99. The summed E-state index contributed by atoms with van der Waals surface area (Å²) in [5, 5.41) is 3.19. The molecule has 1 N–H and O–H groups in total. The average molecular weight is 221 g/mol. The topological polar surface area (TPSA) is 47.0 Å². The van der Waals surface area contributed by atoms with Crippen LogP contribution in [0.2, 0.25) is 0 Å². The molecule has 0 bridgehead atoms. The molecule has 1 rings (SSSR count). The number of hydrogen-bond acceptors (Lipinski definition) is 4. The van der Waals surface area contributed by atoms with E-state index in [9.17, 15) is 0 Å². The summed E-state index contributed by atoms with van der Waals surface area (Å²) in [6.07, 6.45) is 6.40. The van der Waals surface area contributed by atoms with Crippen LogP contribution in [-0.4, -0.2) is 23.1 Å². The molecule has 0 unspecified atom stereocenters. The lowest BCUT2D eigenvalue weighted by Gasteiger charge is -2.06. The lowest BCUT2D eigenvalue weighted by molar-refractivity contribution is 0.300. The van der Waals surface area contributed by atoms with Crippen molar-refractivity contribution in [3.05, 3.63) is 25.0 Å². The van der Waals surface area contributed by atoms with Gasteiger partial charge in [0.1, 0.15) is 12.1 Å². The fourth-order valence-electron chi connectivity index (χ4n) is 1.17. The molecule has 0 aliphatic heterocycles. The third-order valence-electron chi connectivity index (χ3n) is 2.00. The number of allylic oxidation sites excluding steroid dienone is 1. The Labute approximate surface area is 96.8 Å². The van der Waals surface area contributed by atoms with Crippen LogP contribution in [-0.2, 0) is 0 Å². The van der Waals surface area contributed by atoms with Gasteiger partial charge in [-0.15, -0.1) is 6.58 Å². The first-order valence-corrected chi connectivity index (χ1v) is 5.66. The molecule has 1 aromatic heterocycles. The summed E-state index contributed by atoms with van der Waals surface area (Å²) in [7, 11) is 0. The Hall–Kier alpha value is -1.58. The van der Waals surface area contributed by atoms with Crippen LogP contribution in [0.3, 0.4) is 0 Å². The molecule has 0 radical (unpaired) electrons. The Morgan fingerprint density at radius 3 is 3.12 bits per heavy atom. The van der Waals surface area contributed by atoms with Gasteiger partial charge in [-0.3, -0.25) is 0 Å². The molecule has 0 spiro atoms. The van der Waals surface area contributed by atoms with E-state index in [1.807, 2.05) is 12.1 Å². The Bertz CT molecular complexity index is 315. The fraction of sp³-hybridized carbons (Fsp3) is 0.500. The van der Waals surface area contributed by atoms with Crippen LogP contribution >= 0.6 is 0 Å². The monoisotopic (exact) mass is 221 g/mol. The number of rotatable bonds is 8. The van der Waals surface area contributed by atoms with Gasteiger partial charge in [0.15, 0.2) is 0 Å². The van der Waals surface area contributed by atoms with Crippen molar-refractivity contribution >= 4 is 5.82 Å². The zero-order valence-corrected chi connectivity index (χ0v) is 9.78. The van der Waals surface area contributed by atoms with Gasteiger partial charge in [0.2, 0.25) is 5.88 Å². The number of aromatic nitrogens is 2. The molecule has 0 saturated carbocycles. The summed E-state index contributed by atoms with van der Waals surface area (Å²) >= 11 is 0. The minimum Gasteiger partial charge on any atom is -0.478 e. The zero-order valence-electron chi connectivity index (χ0n) is 9.78. The highest BCUT2D eigenvalue weighted by Gasteiger charge is 1.98. The van der Waals surface area contributed by atoms with Crippen molar-refractivity contribution in [2.75, 3.05) is 18.5 Å². The molecule has 16 heavy (non-hydrogen) atoms. The number of nitrogens with one attached hydrogen (secondary N) is 1. The second kappa shape index (κ2) is 7.68. The van der Waals surface area contributed by atoms with Gasteiger partial charge in [-0.2, -0.15) is 0 Å². The van der Waals surface area contributed by atoms with Gasteiger partial charge in [0, 0.05) is 12.6 Å². The SMILES string of the molecule is C=CCCCOc1cc(NCCC)ncn1. The van der Waals surface area contributed by atoms with Gasteiger partial charge in [0.05, 0.1) is 6.61 Å². The minimum atomic E-state index is 0.623. The van der Waals surface area contributed by atoms with E-state index in [4.69, 9.17) is 4.74 Å². The lowest BCUT2D eigenvalue weighted by Crippen LogP contribution is -2.04. The molecule has 88 valence electrons. The second-order valence-corrected chi connectivity index (χ2v) is 3.45. The Balaban J connectivity index is 2.37. The molecule has 0 saturated heterocycles. The highest BCUT2D eigenvalue weighted by molar-refractivity contribution is 5.36. The van der Waals surface area contributed by atoms with Gasteiger partial charge in [-0.05, 0) is 19.3 Å². The zero-order chi connectivity index (χ0) is 11.6. The first-order chi connectivity index (χ1) is 7.86.